The van der Waals surface area contributed by atoms with Gasteiger partial charge in [0.2, 0.25) is 5.91 Å². The molecule has 6 nitrogen and oxygen atoms in total. The SMILES string of the molecule is Cc1cc(C)n(CC(=O)N[C@@H]2CCc3nc(C(C)(C)C)cn3C2)n1. The topological polar surface area (TPSA) is 64.7 Å². The van der Waals surface area contributed by atoms with E-state index in [2.05, 4.69) is 42.0 Å². The third-order valence-corrected chi connectivity index (χ3v) is 4.52. The monoisotopic (exact) mass is 329 g/mol. The van der Waals surface area contributed by atoms with Gasteiger partial charge in [0.15, 0.2) is 0 Å². The molecule has 2 aromatic heterocycles. The zero-order chi connectivity index (χ0) is 17.5. The van der Waals surface area contributed by atoms with Gasteiger partial charge in [0.25, 0.3) is 0 Å². The molecule has 0 saturated carbocycles. The number of fused-ring (bicyclic) bond motifs is 1. The van der Waals surface area contributed by atoms with Gasteiger partial charge in [-0.3, -0.25) is 9.48 Å². The highest BCUT2D eigenvalue weighted by Crippen LogP contribution is 2.24. The van der Waals surface area contributed by atoms with Crippen LogP contribution < -0.4 is 5.32 Å². The van der Waals surface area contributed by atoms with E-state index in [9.17, 15) is 4.79 Å². The Kier molecular flexibility index (Phi) is 4.24. The van der Waals surface area contributed by atoms with Gasteiger partial charge in [-0.05, 0) is 26.3 Å². The van der Waals surface area contributed by atoms with Gasteiger partial charge in [0, 0.05) is 36.3 Å². The summed E-state index contributed by atoms with van der Waals surface area (Å²) < 4.78 is 3.95. The Morgan fingerprint density at radius 3 is 2.75 bits per heavy atom. The lowest BCUT2D eigenvalue weighted by atomic mass is 9.93. The summed E-state index contributed by atoms with van der Waals surface area (Å²) in [4.78, 5) is 17.1. The second kappa shape index (κ2) is 6.07. The fourth-order valence-corrected chi connectivity index (χ4v) is 3.17. The molecule has 0 saturated heterocycles. The number of aryl methyl sites for hydroxylation is 3. The summed E-state index contributed by atoms with van der Waals surface area (Å²) in [5.74, 6) is 1.15. The molecule has 0 aliphatic carbocycles. The quantitative estimate of drug-likeness (QED) is 0.938. The van der Waals surface area contributed by atoms with E-state index in [0.717, 1.165) is 42.3 Å². The van der Waals surface area contributed by atoms with Gasteiger partial charge >= 0.3 is 0 Å². The molecule has 1 amide bonds. The van der Waals surface area contributed by atoms with Crippen molar-refractivity contribution in [1.82, 2.24) is 24.6 Å². The Bertz CT molecular complexity index is 750. The minimum Gasteiger partial charge on any atom is -0.350 e. The van der Waals surface area contributed by atoms with Crippen LogP contribution in [-0.4, -0.2) is 31.3 Å². The molecule has 6 heteroatoms. The molecule has 24 heavy (non-hydrogen) atoms. The molecule has 2 aromatic rings. The minimum atomic E-state index is 0.0193. The first-order valence-electron chi connectivity index (χ1n) is 8.59. The van der Waals surface area contributed by atoms with Gasteiger partial charge in [-0.1, -0.05) is 20.8 Å². The van der Waals surface area contributed by atoms with Crippen LogP contribution in [0, 0.1) is 13.8 Å². The number of carbonyl (C=O) groups excluding carboxylic acids is 1. The summed E-state index contributed by atoms with van der Waals surface area (Å²) in [5, 5.41) is 7.49. The van der Waals surface area contributed by atoms with Gasteiger partial charge in [0.1, 0.15) is 12.4 Å². The van der Waals surface area contributed by atoms with Crippen LogP contribution in [0.3, 0.4) is 0 Å². The van der Waals surface area contributed by atoms with Crippen molar-refractivity contribution in [3.8, 4) is 0 Å². The Balaban J connectivity index is 1.62. The van der Waals surface area contributed by atoms with Crippen LogP contribution in [0.4, 0.5) is 0 Å². The van der Waals surface area contributed by atoms with Crippen LogP contribution in [0.2, 0.25) is 0 Å². The van der Waals surface area contributed by atoms with Gasteiger partial charge in [-0.25, -0.2) is 4.98 Å². The number of imidazole rings is 1. The molecule has 3 rings (SSSR count). The van der Waals surface area contributed by atoms with Crippen LogP contribution in [0.25, 0.3) is 0 Å². The lowest BCUT2D eigenvalue weighted by Crippen LogP contribution is -2.42. The first kappa shape index (κ1) is 16.7. The molecule has 0 aromatic carbocycles. The normalized spacial score (nSPS) is 17.6. The number of hydrogen-bond donors (Lipinski definition) is 1. The Morgan fingerprint density at radius 2 is 2.12 bits per heavy atom. The van der Waals surface area contributed by atoms with Crippen molar-refractivity contribution in [3.05, 3.63) is 35.2 Å². The maximum atomic E-state index is 12.3. The number of amides is 1. The highest BCUT2D eigenvalue weighted by Gasteiger charge is 2.25. The van der Waals surface area contributed by atoms with E-state index in [1.807, 2.05) is 19.9 Å². The molecule has 1 aliphatic heterocycles. The third-order valence-electron chi connectivity index (χ3n) is 4.52. The van der Waals surface area contributed by atoms with Crippen molar-refractivity contribution in [2.75, 3.05) is 0 Å². The minimum absolute atomic E-state index is 0.0193. The van der Waals surface area contributed by atoms with Crippen LogP contribution in [-0.2, 0) is 29.7 Å². The standard InChI is InChI=1S/C18H27N5O/c1-12-8-13(2)23(21-12)11-17(24)19-14-6-7-16-20-15(18(3,4)5)10-22(16)9-14/h8,10,14H,6-7,9,11H2,1-5H3,(H,19,24)/t14-/m1/s1. The summed E-state index contributed by atoms with van der Waals surface area (Å²) in [5.41, 5.74) is 3.12. The molecule has 0 spiro atoms. The summed E-state index contributed by atoms with van der Waals surface area (Å²) in [7, 11) is 0. The molecule has 130 valence electrons. The molecule has 3 heterocycles. The Labute approximate surface area is 143 Å². The summed E-state index contributed by atoms with van der Waals surface area (Å²) in [6.45, 7) is 11.5. The van der Waals surface area contributed by atoms with Crippen molar-refractivity contribution >= 4 is 5.91 Å². The molecular formula is C18H27N5O. The summed E-state index contributed by atoms with van der Waals surface area (Å²) in [6.07, 6.45) is 3.97. The second-order valence-corrected chi connectivity index (χ2v) is 7.83. The lowest BCUT2D eigenvalue weighted by molar-refractivity contribution is -0.122. The number of hydrogen-bond acceptors (Lipinski definition) is 3. The predicted molar refractivity (Wildman–Crippen MR) is 92.9 cm³/mol. The molecule has 0 bridgehead atoms. The van der Waals surface area contributed by atoms with Gasteiger partial charge in [0.05, 0.1) is 11.4 Å². The van der Waals surface area contributed by atoms with Crippen molar-refractivity contribution in [3.63, 3.8) is 0 Å². The number of aromatic nitrogens is 4. The maximum Gasteiger partial charge on any atom is 0.242 e. The predicted octanol–water partition coefficient (Wildman–Crippen LogP) is 2.13. The first-order chi connectivity index (χ1) is 11.2. The summed E-state index contributed by atoms with van der Waals surface area (Å²) >= 11 is 0. The van der Waals surface area contributed by atoms with Crippen LogP contribution >= 0.6 is 0 Å². The van der Waals surface area contributed by atoms with Crippen molar-refractivity contribution in [1.29, 1.82) is 0 Å². The average molecular weight is 329 g/mol. The number of rotatable bonds is 3. The second-order valence-electron chi connectivity index (χ2n) is 7.83. The number of nitrogens with zero attached hydrogens (tertiary/aromatic N) is 4. The van der Waals surface area contributed by atoms with Crippen LogP contribution in [0.5, 0.6) is 0 Å². The molecule has 1 aliphatic rings. The zero-order valence-corrected chi connectivity index (χ0v) is 15.3. The van der Waals surface area contributed by atoms with E-state index in [1.165, 1.54) is 0 Å². The van der Waals surface area contributed by atoms with E-state index in [-0.39, 0.29) is 23.9 Å². The van der Waals surface area contributed by atoms with Crippen molar-refractivity contribution in [2.24, 2.45) is 0 Å². The van der Waals surface area contributed by atoms with Gasteiger partial charge in [-0.15, -0.1) is 0 Å². The highest BCUT2D eigenvalue weighted by atomic mass is 16.2. The molecule has 0 radical (unpaired) electrons. The summed E-state index contributed by atoms with van der Waals surface area (Å²) in [6, 6.07) is 2.14. The average Bonchev–Trinajstić information content (AvgIpc) is 3.01. The molecule has 0 fully saturated rings. The van der Waals surface area contributed by atoms with Crippen molar-refractivity contribution in [2.45, 2.75) is 72.0 Å². The fraction of sp³-hybridized carbons (Fsp3) is 0.611. The number of carbonyl (C=O) groups is 1. The van der Waals surface area contributed by atoms with E-state index < -0.39 is 0 Å². The molecule has 1 N–H and O–H groups in total. The zero-order valence-electron chi connectivity index (χ0n) is 15.3. The fourth-order valence-electron chi connectivity index (χ4n) is 3.17. The van der Waals surface area contributed by atoms with Crippen molar-refractivity contribution < 1.29 is 4.79 Å². The molecule has 0 unspecified atom stereocenters. The Hall–Kier alpha value is -2.11. The smallest absolute Gasteiger partial charge is 0.242 e. The van der Waals surface area contributed by atoms with E-state index in [0.29, 0.717) is 0 Å². The molecule has 1 atom stereocenters. The number of nitrogens with one attached hydrogen (secondary N) is 1. The van der Waals surface area contributed by atoms with Gasteiger partial charge < -0.3 is 9.88 Å². The van der Waals surface area contributed by atoms with Crippen LogP contribution in [0.1, 0.15) is 50.1 Å². The maximum absolute atomic E-state index is 12.3. The Morgan fingerprint density at radius 1 is 1.38 bits per heavy atom. The lowest BCUT2D eigenvalue weighted by Gasteiger charge is -2.24. The molecular weight excluding hydrogens is 302 g/mol. The van der Waals surface area contributed by atoms with E-state index in [4.69, 9.17) is 4.98 Å². The van der Waals surface area contributed by atoms with Gasteiger partial charge in [-0.2, -0.15) is 5.10 Å². The van der Waals surface area contributed by atoms with E-state index >= 15 is 0 Å². The highest BCUT2D eigenvalue weighted by molar-refractivity contribution is 5.76. The van der Waals surface area contributed by atoms with Crippen LogP contribution in [0.15, 0.2) is 12.3 Å². The third kappa shape index (κ3) is 3.52. The van der Waals surface area contributed by atoms with E-state index in [1.54, 1.807) is 4.68 Å². The first-order valence-corrected chi connectivity index (χ1v) is 8.59. The largest absolute Gasteiger partial charge is 0.350 e.